The van der Waals surface area contributed by atoms with Crippen molar-refractivity contribution in [1.29, 1.82) is 0 Å². The lowest BCUT2D eigenvalue weighted by atomic mass is 9.97. The second kappa shape index (κ2) is 10.3. The molecule has 0 N–H and O–H groups in total. The molecule has 0 radical (unpaired) electrons. The fourth-order valence-electron chi connectivity index (χ4n) is 1.92. The van der Waals surface area contributed by atoms with Gasteiger partial charge in [-0.1, -0.05) is 58.8 Å². The molecule has 0 aliphatic heterocycles. The summed E-state index contributed by atoms with van der Waals surface area (Å²) in [4.78, 5) is 11.5. The van der Waals surface area contributed by atoms with Crippen LogP contribution in [0.5, 0.6) is 0 Å². The zero-order chi connectivity index (χ0) is 14.7. The Morgan fingerprint density at radius 1 is 0.895 bits per heavy atom. The van der Waals surface area contributed by atoms with Crippen LogP contribution in [-0.4, -0.2) is 12.6 Å². The average molecular weight is 270 g/mol. The Labute approximate surface area is 120 Å². The maximum Gasteiger partial charge on any atom is 0.311 e. The Balaban J connectivity index is 3.22. The van der Waals surface area contributed by atoms with Gasteiger partial charge in [0.1, 0.15) is 0 Å². The monoisotopic (exact) mass is 270 g/mol. The molecule has 0 unspecified atom stereocenters. The first-order valence-corrected chi connectivity index (χ1v) is 8.01. The highest BCUT2D eigenvalue weighted by Gasteiger charge is 2.22. The molecule has 19 heavy (non-hydrogen) atoms. The van der Waals surface area contributed by atoms with E-state index in [2.05, 4.69) is 13.8 Å². The summed E-state index contributed by atoms with van der Waals surface area (Å²) in [6, 6.07) is 0. The third-order valence-electron chi connectivity index (χ3n) is 3.27. The molecular weight excluding hydrogens is 236 g/mol. The van der Waals surface area contributed by atoms with Crippen LogP contribution in [0.3, 0.4) is 0 Å². The van der Waals surface area contributed by atoms with Crippen LogP contribution in [0.2, 0.25) is 0 Å². The van der Waals surface area contributed by atoms with E-state index in [0.29, 0.717) is 6.61 Å². The lowest BCUT2D eigenvalue weighted by Gasteiger charge is -2.16. The molecule has 0 rings (SSSR count). The number of hydrogen-bond acceptors (Lipinski definition) is 2. The van der Waals surface area contributed by atoms with Crippen molar-refractivity contribution < 1.29 is 9.53 Å². The van der Waals surface area contributed by atoms with E-state index in [1.807, 2.05) is 20.8 Å². The highest BCUT2D eigenvalue weighted by Crippen LogP contribution is 2.16. The van der Waals surface area contributed by atoms with E-state index in [9.17, 15) is 4.79 Å². The largest absolute Gasteiger partial charge is 0.465 e. The molecule has 0 aliphatic carbocycles. The van der Waals surface area contributed by atoms with Gasteiger partial charge in [0.2, 0.25) is 0 Å². The Morgan fingerprint density at radius 2 is 1.37 bits per heavy atom. The summed E-state index contributed by atoms with van der Waals surface area (Å²) in [5, 5.41) is 0. The summed E-state index contributed by atoms with van der Waals surface area (Å²) in [5.41, 5.74) is -0.365. The lowest BCUT2D eigenvalue weighted by Crippen LogP contribution is -2.23. The van der Waals surface area contributed by atoms with Gasteiger partial charge >= 0.3 is 5.97 Å². The summed E-state index contributed by atoms with van der Waals surface area (Å²) in [6.45, 7) is 10.9. The zero-order valence-corrected chi connectivity index (χ0v) is 13.8. The highest BCUT2D eigenvalue weighted by atomic mass is 16.5. The molecule has 0 aromatic heterocycles. The second-order valence-corrected chi connectivity index (χ2v) is 7.04. The van der Waals surface area contributed by atoms with Gasteiger partial charge in [-0.25, -0.2) is 0 Å². The molecule has 0 fully saturated rings. The van der Waals surface area contributed by atoms with Gasteiger partial charge in [-0.05, 0) is 33.1 Å². The highest BCUT2D eigenvalue weighted by molar-refractivity contribution is 5.75. The molecule has 0 aliphatic rings. The predicted molar refractivity (Wildman–Crippen MR) is 82.2 cm³/mol. The van der Waals surface area contributed by atoms with E-state index in [1.165, 1.54) is 44.9 Å². The van der Waals surface area contributed by atoms with Crippen LogP contribution in [0.25, 0.3) is 0 Å². The SMILES string of the molecule is CC(C)CCCCCCCCCOC(=O)C(C)(C)C. The van der Waals surface area contributed by atoms with Crippen molar-refractivity contribution in [2.45, 2.75) is 86.0 Å². The van der Waals surface area contributed by atoms with Gasteiger partial charge in [0.25, 0.3) is 0 Å². The van der Waals surface area contributed by atoms with Crippen molar-refractivity contribution in [1.82, 2.24) is 0 Å². The number of hydrogen-bond donors (Lipinski definition) is 0. The van der Waals surface area contributed by atoms with E-state index < -0.39 is 0 Å². The predicted octanol–water partition coefficient (Wildman–Crippen LogP) is 5.35. The van der Waals surface area contributed by atoms with Gasteiger partial charge < -0.3 is 4.74 Å². The van der Waals surface area contributed by atoms with E-state index in [1.54, 1.807) is 0 Å². The topological polar surface area (TPSA) is 26.3 Å². The van der Waals surface area contributed by atoms with Crippen molar-refractivity contribution in [2.75, 3.05) is 6.61 Å². The van der Waals surface area contributed by atoms with Crippen LogP contribution < -0.4 is 0 Å². The number of carbonyl (C=O) groups excluding carboxylic acids is 1. The molecule has 0 aromatic carbocycles. The van der Waals surface area contributed by atoms with Crippen molar-refractivity contribution in [3.05, 3.63) is 0 Å². The first-order chi connectivity index (χ1) is 8.84. The van der Waals surface area contributed by atoms with Gasteiger partial charge in [0, 0.05) is 0 Å². The number of esters is 1. The number of rotatable bonds is 10. The van der Waals surface area contributed by atoms with Crippen LogP contribution in [-0.2, 0) is 9.53 Å². The van der Waals surface area contributed by atoms with Crippen LogP contribution in [0.4, 0.5) is 0 Å². The lowest BCUT2D eigenvalue weighted by molar-refractivity contribution is -0.153. The minimum Gasteiger partial charge on any atom is -0.465 e. The van der Waals surface area contributed by atoms with E-state index >= 15 is 0 Å². The normalized spacial score (nSPS) is 11.9. The molecule has 114 valence electrons. The quantitative estimate of drug-likeness (QED) is 0.395. The molecular formula is C17H34O2. The summed E-state index contributed by atoms with van der Waals surface area (Å²) < 4.78 is 5.24. The van der Waals surface area contributed by atoms with E-state index in [4.69, 9.17) is 4.74 Å². The average Bonchev–Trinajstić information content (AvgIpc) is 2.29. The number of ether oxygens (including phenoxy) is 1. The van der Waals surface area contributed by atoms with E-state index in [0.717, 1.165) is 12.3 Å². The van der Waals surface area contributed by atoms with Crippen molar-refractivity contribution in [2.24, 2.45) is 11.3 Å². The third kappa shape index (κ3) is 12.3. The molecule has 0 amide bonds. The van der Waals surface area contributed by atoms with Crippen LogP contribution in [0.15, 0.2) is 0 Å². The summed E-state index contributed by atoms with van der Waals surface area (Å²) in [7, 11) is 0. The number of carbonyl (C=O) groups is 1. The molecule has 0 heterocycles. The number of unbranched alkanes of at least 4 members (excludes halogenated alkanes) is 6. The van der Waals surface area contributed by atoms with Crippen molar-refractivity contribution >= 4 is 5.97 Å². The fourth-order valence-corrected chi connectivity index (χ4v) is 1.92. The second-order valence-electron chi connectivity index (χ2n) is 7.04. The third-order valence-corrected chi connectivity index (χ3v) is 3.27. The molecule has 2 heteroatoms. The van der Waals surface area contributed by atoms with Gasteiger partial charge in [-0.15, -0.1) is 0 Å². The Hall–Kier alpha value is -0.530. The molecule has 2 nitrogen and oxygen atoms in total. The van der Waals surface area contributed by atoms with Crippen LogP contribution >= 0.6 is 0 Å². The Bertz CT molecular complexity index is 226. The smallest absolute Gasteiger partial charge is 0.311 e. The summed E-state index contributed by atoms with van der Waals surface area (Å²) in [5.74, 6) is 0.763. The van der Waals surface area contributed by atoms with Gasteiger partial charge in [-0.2, -0.15) is 0 Å². The summed E-state index contributed by atoms with van der Waals surface area (Å²) in [6.07, 6.45) is 10.3. The summed E-state index contributed by atoms with van der Waals surface area (Å²) >= 11 is 0. The molecule has 0 saturated carbocycles. The molecule has 0 bridgehead atoms. The Morgan fingerprint density at radius 3 is 1.84 bits per heavy atom. The molecule has 0 aromatic rings. The minimum atomic E-state index is -0.365. The van der Waals surface area contributed by atoms with Crippen molar-refractivity contribution in [3.8, 4) is 0 Å². The van der Waals surface area contributed by atoms with Gasteiger partial charge in [-0.3, -0.25) is 4.79 Å². The van der Waals surface area contributed by atoms with Gasteiger partial charge in [0.05, 0.1) is 12.0 Å². The maximum atomic E-state index is 11.5. The minimum absolute atomic E-state index is 0.0822. The van der Waals surface area contributed by atoms with Gasteiger partial charge in [0.15, 0.2) is 0 Å². The van der Waals surface area contributed by atoms with Crippen molar-refractivity contribution in [3.63, 3.8) is 0 Å². The zero-order valence-electron chi connectivity index (χ0n) is 13.8. The fraction of sp³-hybridized carbons (Fsp3) is 0.941. The first-order valence-electron chi connectivity index (χ1n) is 8.01. The van der Waals surface area contributed by atoms with Crippen LogP contribution in [0.1, 0.15) is 86.0 Å². The molecule has 0 atom stereocenters. The standard InChI is InChI=1S/C17H34O2/c1-15(2)13-11-9-7-6-8-10-12-14-19-16(18)17(3,4)5/h15H,6-14H2,1-5H3. The van der Waals surface area contributed by atoms with E-state index in [-0.39, 0.29) is 11.4 Å². The van der Waals surface area contributed by atoms with Crippen LogP contribution in [0, 0.1) is 11.3 Å². The Kier molecular flexibility index (Phi) is 9.99. The molecule has 0 spiro atoms. The molecule has 0 saturated heterocycles. The first kappa shape index (κ1) is 18.5. The maximum absolute atomic E-state index is 11.5.